The van der Waals surface area contributed by atoms with Gasteiger partial charge < -0.3 is 4.74 Å². The monoisotopic (exact) mass is 280 g/mol. The van der Waals surface area contributed by atoms with Crippen molar-refractivity contribution in [3.63, 3.8) is 0 Å². The smallest absolute Gasteiger partial charge is 0.306 e. The van der Waals surface area contributed by atoms with Crippen LogP contribution in [-0.4, -0.2) is 33.2 Å². The highest BCUT2D eigenvalue weighted by atomic mass is 35.5. The molecular weight excluding hydrogens is 268 g/mol. The first-order chi connectivity index (χ1) is 9.20. The van der Waals surface area contributed by atoms with Gasteiger partial charge in [-0.3, -0.25) is 4.79 Å². The van der Waals surface area contributed by atoms with Crippen molar-refractivity contribution in [3.8, 4) is 0 Å². The standard InChI is InChI=1S/C12H13ClN4O2/c1-2-19-11(18)7-10(12-14-16-17-15-12)8-4-3-5-9(13)6-8/h3-6,10H,2,7H2,1H3,(H,14,15,16,17)/t10-/m0/s1. The van der Waals surface area contributed by atoms with E-state index in [2.05, 4.69) is 20.6 Å². The molecule has 0 aliphatic carbocycles. The minimum Gasteiger partial charge on any atom is -0.466 e. The molecule has 1 N–H and O–H groups in total. The lowest BCUT2D eigenvalue weighted by atomic mass is 9.95. The molecule has 6 nitrogen and oxygen atoms in total. The molecule has 2 rings (SSSR count). The number of ether oxygens (including phenoxy) is 1. The molecule has 0 bridgehead atoms. The van der Waals surface area contributed by atoms with E-state index in [0.717, 1.165) is 5.56 Å². The summed E-state index contributed by atoms with van der Waals surface area (Å²) in [6, 6.07) is 7.23. The lowest BCUT2D eigenvalue weighted by molar-refractivity contribution is -0.143. The first kappa shape index (κ1) is 13.5. The molecule has 0 saturated heterocycles. The minimum atomic E-state index is -0.323. The van der Waals surface area contributed by atoms with Crippen LogP contribution in [0.1, 0.15) is 30.7 Å². The average Bonchev–Trinajstić information content (AvgIpc) is 2.90. The molecule has 1 heterocycles. The van der Waals surface area contributed by atoms with E-state index in [0.29, 0.717) is 17.5 Å². The zero-order valence-electron chi connectivity index (χ0n) is 10.3. The van der Waals surface area contributed by atoms with Gasteiger partial charge in [-0.2, -0.15) is 5.21 Å². The van der Waals surface area contributed by atoms with Gasteiger partial charge in [0.05, 0.1) is 18.9 Å². The molecule has 100 valence electrons. The fourth-order valence-corrected chi connectivity index (χ4v) is 1.98. The normalized spacial score (nSPS) is 12.1. The van der Waals surface area contributed by atoms with E-state index in [1.54, 1.807) is 19.1 Å². The molecule has 1 atom stereocenters. The second kappa shape index (κ2) is 6.29. The van der Waals surface area contributed by atoms with Crippen LogP contribution in [-0.2, 0) is 9.53 Å². The number of benzene rings is 1. The third-order valence-corrected chi connectivity index (χ3v) is 2.84. The van der Waals surface area contributed by atoms with Crippen LogP contribution in [0, 0.1) is 0 Å². The second-order valence-electron chi connectivity index (χ2n) is 3.89. The molecule has 0 radical (unpaired) electrons. The SMILES string of the molecule is CCOC(=O)C[C@@H](c1cccc(Cl)c1)c1nn[nH]n1. The Labute approximate surface area is 115 Å². The van der Waals surface area contributed by atoms with E-state index >= 15 is 0 Å². The van der Waals surface area contributed by atoms with Crippen LogP contribution in [0.2, 0.25) is 5.02 Å². The molecule has 1 aromatic carbocycles. The summed E-state index contributed by atoms with van der Waals surface area (Å²) < 4.78 is 4.96. The molecular formula is C12H13ClN4O2. The summed E-state index contributed by atoms with van der Waals surface area (Å²) in [5.74, 6) is -0.191. The number of aromatic nitrogens is 4. The van der Waals surface area contributed by atoms with Crippen molar-refractivity contribution in [2.45, 2.75) is 19.3 Å². The number of hydrogen-bond acceptors (Lipinski definition) is 5. The van der Waals surface area contributed by atoms with Crippen molar-refractivity contribution < 1.29 is 9.53 Å². The van der Waals surface area contributed by atoms with Crippen LogP contribution >= 0.6 is 11.6 Å². The fourth-order valence-electron chi connectivity index (χ4n) is 1.79. The van der Waals surface area contributed by atoms with Gasteiger partial charge in [-0.25, -0.2) is 0 Å². The molecule has 0 aliphatic heterocycles. The molecule has 0 saturated carbocycles. The maximum Gasteiger partial charge on any atom is 0.306 e. The van der Waals surface area contributed by atoms with Gasteiger partial charge in [0.2, 0.25) is 0 Å². The summed E-state index contributed by atoms with van der Waals surface area (Å²) in [6.07, 6.45) is 0.147. The third-order valence-electron chi connectivity index (χ3n) is 2.60. The van der Waals surface area contributed by atoms with E-state index in [9.17, 15) is 4.79 Å². The molecule has 19 heavy (non-hydrogen) atoms. The van der Waals surface area contributed by atoms with Crippen LogP contribution in [0.25, 0.3) is 0 Å². The van der Waals surface area contributed by atoms with E-state index in [4.69, 9.17) is 16.3 Å². The van der Waals surface area contributed by atoms with Crippen LogP contribution in [0.15, 0.2) is 24.3 Å². The van der Waals surface area contributed by atoms with Crippen molar-refractivity contribution >= 4 is 17.6 Å². The van der Waals surface area contributed by atoms with Crippen molar-refractivity contribution in [1.82, 2.24) is 20.6 Å². The summed E-state index contributed by atoms with van der Waals surface area (Å²) in [4.78, 5) is 11.7. The summed E-state index contributed by atoms with van der Waals surface area (Å²) in [7, 11) is 0. The Bertz CT molecular complexity index is 544. The summed E-state index contributed by atoms with van der Waals surface area (Å²) in [6.45, 7) is 2.11. The Balaban J connectivity index is 2.27. The first-order valence-corrected chi connectivity index (χ1v) is 6.23. The molecule has 0 unspecified atom stereocenters. The molecule has 0 aliphatic rings. The van der Waals surface area contributed by atoms with Crippen LogP contribution in [0.5, 0.6) is 0 Å². The Morgan fingerprint density at radius 1 is 1.53 bits per heavy atom. The highest BCUT2D eigenvalue weighted by Crippen LogP contribution is 2.27. The predicted octanol–water partition coefficient (Wildman–Crippen LogP) is 1.94. The van der Waals surface area contributed by atoms with Crippen molar-refractivity contribution in [2.24, 2.45) is 0 Å². The molecule has 2 aromatic rings. The number of aromatic amines is 1. The molecule has 7 heteroatoms. The highest BCUT2D eigenvalue weighted by Gasteiger charge is 2.23. The number of carbonyl (C=O) groups excluding carboxylic acids is 1. The van der Waals surface area contributed by atoms with Gasteiger partial charge in [0.25, 0.3) is 0 Å². The second-order valence-corrected chi connectivity index (χ2v) is 4.32. The lowest BCUT2D eigenvalue weighted by Crippen LogP contribution is -2.13. The minimum absolute atomic E-state index is 0.147. The van der Waals surface area contributed by atoms with Gasteiger partial charge >= 0.3 is 5.97 Å². The number of nitrogens with one attached hydrogen (secondary N) is 1. The van der Waals surface area contributed by atoms with E-state index in [-0.39, 0.29) is 18.3 Å². The van der Waals surface area contributed by atoms with Gasteiger partial charge in [0.15, 0.2) is 5.82 Å². The van der Waals surface area contributed by atoms with E-state index < -0.39 is 0 Å². The summed E-state index contributed by atoms with van der Waals surface area (Å²) >= 11 is 5.97. The Kier molecular flexibility index (Phi) is 4.46. The number of nitrogens with zero attached hydrogens (tertiary/aromatic N) is 3. The Morgan fingerprint density at radius 3 is 3.00 bits per heavy atom. The number of rotatable bonds is 5. The summed E-state index contributed by atoms with van der Waals surface area (Å²) in [5.41, 5.74) is 0.849. The van der Waals surface area contributed by atoms with Gasteiger partial charge in [0.1, 0.15) is 0 Å². The number of H-pyrrole nitrogens is 1. The predicted molar refractivity (Wildman–Crippen MR) is 68.7 cm³/mol. The fraction of sp³-hybridized carbons (Fsp3) is 0.333. The Morgan fingerprint density at radius 2 is 2.37 bits per heavy atom. The van der Waals surface area contributed by atoms with Crippen molar-refractivity contribution in [2.75, 3.05) is 6.61 Å². The number of halogens is 1. The van der Waals surface area contributed by atoms with Crippen LogP contribution in [0.3, 0.4) is 0 Å². The maximum atomic E-state index is 11.7. The van der Waals surface area contributed by atoms with Gasteiger partial charge in [-0.15, -0.1) is 10.2 Å². The third kappa shape index (κ3) is 3.51. The number of carbonyl (C=O) groups is 1. The summed E-state index contributed by atoms with van der Waals surface area (Å²) in [5, 5.41) is 14.4. The van der Waals surface area contributed by atoms with Gasteiger partial charge in [0, 0.05) is 5.02 Å². The lowest BCUT2D eigenvalue weighted by Gasteiger charge is -2.13. The Hall–Kier alpha value is -1.95. The van der Waals surface area contributed by atoms with Gasteiger partial charge in [-0.1, -0.05) is 28.9 Å². The number of tetrazole rings is 1. The highest BCUT2D eigenvalue weighted by molar-refractivity contribution is 6.30. The van der Waals surface area contributed by atoms with Crippen molar-refractivity contribution in [1.29, 1.82) is 0 Å². The van der Waals surface area contributed by atoms with Crippen LogP contribution < -0.4 is 0 Å². The number of hydrogen-bond donors (Lipinski definition) is 1. The molecule has 0 fully saturated rings. The van der Waals surface area contributed by atoms with Crippen LogP contribution in [0.4, 0.5) is 0 Å². The zero-order chi connectivity index (χ0) is 13.7. The first-order valence-electron chi connectivity index (χ1n) is 5.85. The van der Waals surface area contributed by atoms with Crippen molar-refractivity contribution in [3.05, 3.63) is 40.7 Å². The molecule has 0 spiro atoms. The van der Waals surface area contributed by atoms with E-state index in [1.807, 2.05) is 12.1 Å². The molecule has 0 amide bonds. The zero-order valence-corrected chi connectivity index (χ0v) is 11.1. The number of esters is 1. The quantitative estimate of drug-likeness (QED) is 0.847. The van der Waals surface area contributed by atoms with Gasteiger partial charge in [-0.05, 0) is 24.6 Å². The average molecular weight is 281 g/mol. The maximum absolute atomic E-state index is 11.7. The van der Waals surface area contributed by atoms with E-state index in [1.165, 1.54) is 0 Å². The topological polar surface area (TPSA) is 80.8 Å². The largest absolute Gasteiger partial charge is 0.466 e. The molecule has 1 aromatic heterocycles.